The van der Waals surface area contributed by atoms with Gasteiger partial charge in [-0.1, -0.05) is 0 Å². The van der Waals surface area contributed by atoms with Gasteiger partial charge in [-0.25, -0.2) is 9.59 Å². The number of aromatic hydroxyl groups is 1. The first-order valence-electron chi connectivity index (χ1n) is 5.29. The molecule has 1 aromatic rings. The fraction of sp³-hybridized carbons (Fsp3) is 0.182. The first-order valence-corrected chi connectivity index (χ1v) is 5.29. The van der Waals surface area contributed by atoms with Gasteiger partial charge in [0.05, 0.1) is 11.3 Å². The molecule has 8 heteroatoms. The molecule has 0 aromatic heterocycles. The second-order valence-corrected chi connectivity index (χ2v) is 3.63. The molecule has 0 heterocycles. The van der Waals surface area contributed by atoms with Gasteiger partial charge in [-0.3, -0.25) is 4.79 Å². The SMILES string of the molecule is NC(=O)CCNC(=O)Nc1ccc(O)cc1C(=O)O. The van der Waals surface area contributed by atoms with Crippen LogP contribution >= 0.6 is 0 Å². The molecule has 0 radical (unpaired) electrons. The van der Waals surface area contributed by atoms with Crippen molar-refractivity contribution >= 4 is 23.6 Å². The first kappa shape index (κ1) is 14.3. The number of benzene rings is 1. The number of anilines is 1. The van der Waals surface area contributed by atoms with Crippen molar-refractivity contribution < 1.29 is 24.6 Å². The minimum Gasteiger partial charge on any atom is -0.508 e. The lowest BCUT2D eigenvalue weighted by atomic mass is 10.1. The molecule has 0 aliphatic rings. The quantitative estimate of drug-likeness (QED) is 0.480. The average molecular weight is 267 g/mol. The van der Waals surface area contributed by atoms with E-state index in [1.807, 2.05) is 0 Å². The number of aromatic carboxylic acids is 1. The van der Waals surface area contributed by atoms with E-state index in [9.17, 15) is 19.5 Å². The molecular formula is C11H13N3O5. The Balaban J connectivity index is 2.68. The molecule has 1 rings (SSSR count). The van der Waals surface area contributed by atoms with Crippen molar-refractivity contribution in [2.45, 2.75) is 6.42 Å². The molecule has 6 N–H and O–H groups in total. The van der Waals surface area contributed by atoms with Crippen LogP contribution in [0, 0.1) is 0 Å². The van der Waals surface area contributed by atoms with Crippen molar-refractivity contribution in [1.29, 1.82) is 0 Å². The lowest BCUT2D eigenvalue weighted by Gasteiger charge is -2.09. The van der Waals surface area contributed by atoms with E-state index in [4.69, 9.17) is 10.8 Å². The molecule has 0 bridgehead atoms. The monoisotopic (exact) mass is 267 g/mol. The Bertz CT molecular complexity index is 515. The summed E-state index contributed by atoms with van der Waals surface area (Å²) >= 11 is 0. The fourth-order valence-corrected chi connectivity index (χ4v) is 1.28. The maximum absolute atomic E-state index is 11.4. The Kier molecular flexibility index (Phi) is 4.69. The Morgan fingerprint density at radius 1 is 1.26 bits per heavy atom. The highest BCUT2D eigenvalue weighted by Crippen LogP contribution is 2.21. The molecule has 0 atom stereocenters. The van der Waals surface area contributed by atoms with Crippen molar-refractivity contribution in [2.75, 3.05) is 11.9 Å². The van der Waals surface area contributed by atoms with E-state index in [0.717, 1.165) is 6.07 Å². The largest absolute Gasteiger partial charge is 0.508 e. The van der Waals surface area contributed by atoms with Gasteiger partial charge in [0.2, 0.25) is 5.91 Å². The molecule has 8 nitrogen and oxygen atoms in total. The zero-order valence-corrected chi connectivity index (χ0v) is 9.84. The minimum atomic E-state index is -1.29. The van der Waals surface area contributed by atoms with Crippen LogP contribution in [0.4, 0.5) is 10.5 Å². The Hall–Kier alpha value is -2.77. The van der Waals surface area contributed by atoms with Crippen molar-refractivity contribution in [2.24, 2.45) is 5.73 Å². The number of rotatable bonds is 5. The van der Waals surface area contributed by atoms with Crippen LogP contribution in [0.5, 0.6) is 5.75 Å². The summed E-state index contributed by atoms with van der Waals surface area (Å²) in [6, 6.07) is 2.84. The molecular weight excluding hydrogens is 254 g/mol. The number of primary amides is 1. The molecule has 0 saturated heterocycles. The molecule has 0 spiro atoms. The number of urea groups is 1. The number of phenols is 1. The summed E-state index contributed by atoms with van der Waals surface area (Å²) in [5, 5.41) is 22.7. The number of amides is 3. The van der Waals surface area contributed by atoms with Crippen molar-refractivity contribution in [3.8, 4) is 5.75 Å². The zero-order chi connectivity index (χ0) is 14.4. The summed E-state index contributed by atoms with van der Waals surface area (Å²) in [6.07, 6.45) is -0.0191. The second-order valence-electron chi connectivity index (χ2n) is 3.63. The predicted octanol–water partition coefficient (Wildman–Crippen LogP) is 0.0873. The predicted molar refractivity (Wildman–Crippen MR) is 65.9 cm³/mol. The number of carboxylic acid groups (broad SMARTS) is 1. The zero-order valence-electron chi connectivity index (χ0n) is 9.84. The van der Waals surface area contributed by atoms with E-state index >= 15 is 0 Å². The molecule has 0 saturated carbocycles. The third-order valence-corrected chi connectivity index (χ3v) is 2.14. The number of hydrogen-bond acceptors (Lipinski definition) is 4. The van der Waals surface area contributed by atoms with Gasteiger partial charge in [-0.2, -0.15) is 0 Å². The van der Waals surface area contributed by atoms with Crippen LogP contribution in [0.1, 0.15) is 16.8 Å². The molecule has 0 unspecified atom stereocenters. The van der Waals surface area contributed by atoms with E-state index in [-0.39, 0.29) is 30.0 Å². The maximum Gasteiger partial charge on any atom is 0.337 e. The highest BCUT2D eigenvalue weighted by molar-refractivity contribution is 6.00. The Labute approximate surface area is 108 Å². The summed E-state index contributed by atoms with van der Waals surface area (Å²) in [6.45, 7) is 0.0433. The number of nitrogens with one attached hydrogen (secondary N) is 2. The number of phenolic OH excluding ortho intramolecular Hbond substituents is 1. The second kappa shape index (κ2) is 6.24. The number of carboxylic acids is 1. The topological polar surface area (TPSA) is 142 Å². The summed E-state index contributed by atoms with van der Waals surface area (Å²) in [4.78, 5) is 32.8. The summed E-state index contributed by atoms with van der Waals surface area (Å²) in [5.41, 5.74) is 4.68. The van der Waals surface area contributed by atoms with Crippen LogP contribution < -0.4 is 16.4 Å². The summed E-state index contributed by atoms with van der Waals surface area (Å²) in [7, 11) is 0. The average Bonchev–Trinajstić information content (AvgIpc) is 2.30. The van der Waals surface area contributed by atoms with Gasteiger partial charge >= 0.3 is 12.0 Å². The van der Waals surface area contributed by atoms with E-state index < -0.39 is 17.9 Å². The maximum atomic E-state index is 11.4. The van der Waals surface area contributed by atoms with Crippen LogP contribution in [-0.4, -0.2) is 34.7 Å². The molecule has 0 aliphatic carbocycles. The highest BCUT2D eigenvalue weighted by atomic mass is 16.4. The molecule has 3 amide bonds. The highest BCUT2D eigenvalue weighted by Gasteiger charge is 2.13. The molecule has 0 aliphatic heterocycles. The van der Waals surface area contributed by atoms with Crippen LogP contribution in [0.2, 0.25) is 0 Å². The van der Waals surface area contributed by atoms with E-state index in [1.54, 1.807) is 0 Å². The van der Waals surface area contributed by atoms with Gasteiger partial charge in [-0.05, 0) is 18.2 Å². The van der Waals surface area contributed by atoms with Crippen LogP contribution in [0.25, 0.3) is 0 Å². The van der Waals surface area contributed by atoms with Gasteiger partial charge in [0.1, 0.15) is 5.75 Å². The van der Waals surface area contributed by atoms with Gasteiger partial charge in [0, 0.05) is 13.0 Å². The van der Waals surface area contributed by atoms with E-state index in [1.165, 1.54) is 12.1 Å². The van der Waals surface area contributed by atoms with E-state index in [0.29, 0.717) is 0 Å². The molecule has 1 aromatic carbocycles. The molecule has 19 heavy (non-hydrogen) atoms. The first-order chi connectivity index (χ1) is 8.90. The van der Waals surface area contributed by atoms with Gasteiger partial charge in [0.15, 0.2) is 0 Å². The number of hydrogen-bond donors (Lipinski definition) is 5. The Morgan fingerprint density at radius 3 is 2.53 bits per heavy atom. The summed E-state index contributed by atoms with van der Waals surface area (Å²) in [5.74, 6) is -2.07. The van der Waals surface area contributed by atoms with Crippen LogP contribution in [-0.2, 0) is 4.79 Å². The minimum absolute atomic E-state index is 0.0191. The number of nitrogens with two attached hydrogens (primary N) is 1. The smallest absolute Gasteiger partial charge is 0.337 e. The lowest BCUT2D eigenvalue weighted by molar-refractivity contribution is -0.117. The van der Waals surface area contributed by atoms with Crippen LogP contribution in [0.15, 0.2) is 18.2 Å². The fourth-order valence-electron chi connectivity index (χ4n) is 1.28. The molecule has 0 fully saturated rings. The Morgan fingerprint density at radius 2 is 1.95 bits per heavy atom. The summed E-state index contributed by atoms with van der Waals surface area (Å²) < 4.78 is 0. The lowest BCUT2D eigenvalue weighted by Crippen LogP contribution is -2.32. The van der Waals surface area contributed by atoms with Crippen molar-refractivity contribution in [3.63, 3.8) is 0 Å². The van der Waals surface area contributed by atoms with Crippen LogP contribution in [0.3, 0.4) is 0 Å². The third-order valence-electron chi connectivity index (χ3n) is 2.14. The van der Waals surface area contributed by atoms with Crippen molar-refractivity contribution in [3.05, 3.63) is 23.8 Å². The normalized spacial score (nSPS) is 9.68. The number of carbonyl (C=O) groups excluding carboxylic acids is 2. The third kappa shape index (κ3) is 4.54. The van der Waals surface area contributed by atoms with E-state index in [2.05, 4.69) is 10.6 Å². The molecule has 102 valence electrons. The standard InChI is InChI=1S/C11H13N3O5/c12-9(16)3-4-13-11(19)14-8-2-1-6(15)5-7(8)10(17)18/h1-2,5,15H,3-4H2,(H2,12,16)(H,17,18)(H2,13,14,19). The van der Waals surface area contributed by atoms with Gasteiger partial charge in [0.25, 0.3) is 0 Å². The van der Waals surface area contributed by atoms with Crippen molar-refractivity contribution in [1.82, 2.24) is 5.32 Å². The van der Waals surface area contributed by atoms with Gasteiger partial charge in [-0.15, -0.1) is 0 Å². The van der Waals surface area contributed by atoms with Gasteiger partial charge < -0.3 is 26.6 Å². The number of carbonyl (C=O) groups is 3.